The topological polar surface area (TPSA) is 120 Å². The van der Waals surface area contributed by atoms with E-state index in [1.54, 1.807) is 31.7 Å². The molecule has 1 unspecified atom stereocenters. The Bertz CT molecular complexity index is 1140. The highest BCUT2D eigenvalue weighted by Crippen LogP contribution is 2.42. The molecule has 1 saturated heterocycles. The molecular weight excluding hydrogens is 477 g/mol. The van der Waals surface area contributed by atoms with Crippen LogP contribution in [0.3, 0.4) is 0 Å². The molecule has 4 N–H and O–H groups in total. The summed E-state index contributed by atoms with van der Waals surface area (Å²) in [5, 5.41) is 27.2. The van der Waals surface area contributed by atoms with Gasteiger partial charge in [0.15, 0.2) is 0 Å². The van der Waals surface area contributed by atoms with Gasteiger partial charge in [-0.15, -0.1) is 0 Å². The van der Waals surface area contributed by atoms with E-state index in [0.717, 1.165) is 0 Å². The molecule has 1 fully saturated rings. The summed E-state index contributed by atoms with van der Waals surface area (Å²) in [4.78, 5) is 23.5. The SMILES string of the molecule is CC(C)N1c2cc(-c3nc(N[C@@H]4CCOC[C@H]4O)ncc3Cl)cc(F)c2C(=O)NC1(C)C(C)(C)O. The van der Waals surface area contributed by atoms with Crippen molar-refractivity contribution < 1.29 is 24.1 Å². The predicted molar refractivity (Wildman–Crippen MR) is 131 cm³/mol. The van der Waals surface area contributed by atoms with Gasteiger partial charge in [0.1, 0.15) is 17.1 Å². The van der Waals surface area contributed by atoms with Crippen molar-refractivity contribution in [3.63, 3.8) is 0 Å². The number of amides is 1. The Kier molecular flexibility index (Phi) is 6.69. The third-order valence-corrected chi connectivity index (χ3v) is 7.04. The molecule has 0 spiro atoms. The number of nitrogens with zero attached hydrogens (tertiary/aromatic N) is 3. The Labute approximate surface area is 208 Å². The van der Waals surface area contributed by atoms with Crippen LogP contribution in [0.25, 0.3) is 11.3 Å². The van der Waals surface area contributed by atoms with Crippen LogP contribution in [0.4, 0.5) is 16.0 Å². The fourth-order valence-corrected chi connectivity index (χ4v) is 4.87. The minimum absolute atomic E-state index is 0.113. The zero-order valence-corrected chi connectivity index (χ0v) is 21.1. The van der Waals surface area contributed by atoms with E-state index >= 15 is 4.39 Å². The predicted octanol–water partition coefficient (Wildman–Crippen LogP) is 2.94. The Morgan fingerprint density at radius 1 is 1.40 bits per heavy atom. The molecule has 1 aromatic heterocycles. The fourth-order valence-electron chi connectivity index (χ4n) is 4.67. The molecule has 3 atom stereocenters. The molecule has 0 saturated carbocycles. The number of halogens is 2. The largest absolute Gasteiger partial charge is 0.389 e. The van der Waals surface area contributed by atoms with Crippen LogP contribution < -0.4 is 15.5 Å². The Morgan fingerprint density at radius 3 is 2.74 bits per heavy atom. The Morgan fingerprint density at radius 2 is 2.11 bits per heavy atom. The van der Waals surface area contributed by atoms with Crippen molar-refractivity contribution in [1.82, 2.24) is 15.3 Å². The number of nitrogens with one attached hydrogen (secondary N) is 2. The average Bonchev–Trinajstić information content (AvgIpc) is 2.75. The van der Waals surface area contributed by atoms with E-state index in [1.165, 1.54) is 12.3 Å². The fraction of sp³-hybridized carbons (Fsp3) is 0.542. The van der Waals surface area contributed by atoms with E-state index in [9.17, 15) is 15.0 Å². The molecule has 11 heteroatoms. The lowest BCUT2D eigenvalue weighted by Crippen LogP contribution is -2.73. The summed E-state index contributed by atoms with van der Waals surface area (Å²) in [7, 11) is 0. The second-order valence-electron chi connectivity index (χ2n) is 9.97. The van der Waals surface area contributed by atoms with Gasteiger partial charge >= 0.3 is 0 Å². The third-order valence-electron chi connectivity index (χ3n) is 6.76. The number of fused-ring (bicyclic) bond motifs is 1. The van der Waals surface area contributed by atoms with Gasteiger partial charge in [-0.3, -0.25) is 4.79 Å². The molecule has 4 rings (SSSR count). The van der Waals surface area contributed by atoms with Crippen LogP contribution in [0.2, 0.25) is 5.02 Å². The minimum atomic E-state index is -1.36. The van der Waals surface area contributed by atoms with Crippen molar-refractivity contribution in [3.8, 4) is 11.3 Å². The van der Waals surface area contributed by atoms with Gasteiger partial charge in [0.25, 0.3) is 5.91 Å². The first-order valence-corrected chi connectivity index (χ1v) is 11.9. The number of hydrogen-bond acceptors (Lipinski definition) is 8. The summed E-state index contributed by atoms with van der Waals surface area (Å²) in [5.41, 5.74) is -1.73. The van der Waals surface area contributed by atoms with Crippen LogP contribution in [0, 0.1) is 5.82 Å². The summed E-state index contributed by atoms with van der Waals surface area (Å²) in [6, 6.07) is 2.37. The van der Waals surface area contributed by atoms with Crippen molar-refractivity contribution in [3.05, 3.63) is 34.7 Å². The number of carbonyl (C=O) groups is 1. The van der Waals surface area contributed by atoms with Gasteiger partial charge in [0, 0.05) is 18.2 Å². The van der Waals surface area contributed by atoms with Crippen molar-refractivity contribution in [1.29, 1.82) is 0 Å². The van der Waals surface area contributed by atoms with Crippen LogP contribution in [-0.4, -0.2) is 68.8 Å². The number of rotatable bonds is 5. The first-order valence-electron chi connectivity index (χ1n) is 11.6. The summed E-state index contributed by atoms with van der Waals surface area (Å²) in [6.07, 6.45) is 1.26. The molecule has 1 amide bonds. The lowest BCUT2D eigenvalue weighted by atomic mass is 9.85. The van der Waals surface area contributed by atoms with E-state index in [1.807, 2.05) is 13.8 Å². The van der Waals surface area contributed by atoms with Gasteiger partial charge in [-0.05, 0) is 53.2 Å². The molecule has 190 valence electrons. The molecule has 0 bridgehead atoms. The summed E-state index contributed by atoms with van der Waals surface area (Å²) >= 11 is 6.42. The van der Waals surface area contributed by atoms with Gasteiger partial charge in [0.05, 0.1) is 46.9 Å². The van der Waals surface area contributed by atoms with Crippen molar-refractivity contribution >= 4 is 29.1 Å². The van der Waals surface area contributed by atoms with Crippen molar-refractivity contribution in [2.75, 3.05) is 23.4 Å². The van der Waals surface area contributed by atoms with Crippen LogP contribution in [0.1, 0.15) is 51.4 Å². The quantitative estimate of drug-likeness (QED) is 0.487. The Balaban J connectivity index is 1.81. The van der Waals surface area contributed by atoms with Gasteiger partial charge in [0.2, 0.25) is 5.95 Å². The van der Waals surface area contributed by atoms with Gasteiger partial charge in [-0.25, -0.2) is 14.4 Å². The standard InChI is InChI=1S/C24H31ClFN5O4/c1-12(2)31-17-9-13(8-15(26)19(17)21(33)30-24(31,5)23(3,4)34)20-14(25)10-27-22(29-20)28-16-6-7-35-11-18(16)32/h8-10,12,16,18,32,34H,6-7,11H2,1-5H3,(H,30,33)(H,27,28,29)/t16-,18-,24?/m1/s1. The number of hydrogen-bond donors (Lipinski definition) is 4. The number of aromatic nitrogens is 2. The zero-order valence-electron chi connectivity index (χ0n) is 20.4. The lowest BCUT2D eigenvalue weighted by Gasteiger charge is -2.54. The summed E-state index contributed by atoms with van der Waals surface area (Å²) in [5.74, 6) is -1.12. The van der Waals surface area contributed by atoms with Gasteiger partial charge < -0.3 is 30.5 Å². The smallest absolute Gasteiger partial charge is 0.258 e. The monoisotopic (exact) mass is 507 g/mol. The zero-order chi connectivity index (χ0) is 25.7. The molecule has 2 aliphatic rings. The third kappa shape index (κ3) is 4.55. The van der Waals surface area contributed by atoms with Crippen LogP contribution in [-0.2, 0) is 4.74 Å². The molecule has 9 nitrogen and oxygen atoms in total. The molecule has 2 aliphatic heterocycles. The molecule has 2 aromatic rings. The molecule has 35 heavy (non-hydrogen) atoms. The normalized spacial score (nSPS) is 24.9. The molecule has 3 heterocycles. The molecule has 1 aromatic carbocycles. The minimum Gasteiger partial charge on any atom is -0.389 e. The summed E-state index contributed by atoms with van der Waals surface area (Å²) < 4.78 is 20.7. The number of carbonyl (C=O) groups excluding carboxylic acids is 1. The molecule has 0 radical (unpaired) electrons. The van der Waals surface area contributed by atoms with E-state index in [0.29, 0.717) is 24.3 Å². The van der Waals surface area contributed by atoms with Crippen molar-refractivity contribution in [2.45, 2.75) is 70.5 Å². The van der Waals surface area contributed by atoms with E-state index in [-0.39, 0.29) is 40.9 Å². The van der Waals surface area contributed by atoms with E-state index in [4.69, 9.17) is 16.3 Å². The van der Waals surface area contributed by atoms with E-state index in [2.05, 4.69) is 20.6 Å². The van der Waals surface area contributed by atoms with Gasteiger partial charge in [-0.1, -0.05) is 11.6 Å². The van der Waals surface area contributed by atoms with Crippen LogP contribution >= 0.6 is 11.6 Å². The molecule has 0 aliphatic carbocycles. The van der Waals surface area contributed by atoms with Crippen LogP contribution in [0.5, 0.6) is 0 Å². The molecular formula is C24H31ClFN5O4. The first-order chi connectivity index (χ1) is 16.3. The van der Waals surface area contributed by atoms with E-state index < -0.39 is 29.1 Å². The lowest BCUT2D eigenvalue weighted by molar-refractivity contribution is -0.0178. The average molecular weight is 508 g/mol. The maximum Gasteiger partial charge on any atom is 0.258 e. The highest BCUT2D eigenvalue weighted by Gasteiger charge is 2.51. The number of aliphatic hydroxyl groups is 2. The first kappa shape index (κ1) is 25.6. The Hall–Kier alpha value is -2.53. The number of ether oxygens (including phenoxy) is 1. The number of aliphatic hydroxyl groups excluding tert-OH is 1. The second kappa shape index (κ2) is 9.16. The van der Waals surface area contributed by atoms with Crippen molar-refractivity contribution in [2.24, 2.45) is 0 Å². The number of anilines is 2. The highest BCUT2D eigenvalue weighted by atomic mass is 35.5. The maximum absolute atomic E-state index is 15.4. The maximum atomic E-state index is 15.4. The number of benzene rings is 1. The van der Waals surface area contributed by atoms with Gasteiger partial charge in [-0.2, -0.15) is 0 Å². The van der Waals surface area contributed by atoms with Crippen LogP contribution in [0.15, 0.2) is 18.3 Å². The summed E-state index contributed by atoms with van der Waals surface area (Å²) in [6.45, 7) is 9.40. The highest BCUT2D eigenvalue weighted by molar-refractivity contribution is 6.33. The second-order valence-corrected chi connectivity index (χ2v) is 10.4.